The minimum absolute atomic E-state index is 0.0650. The van der Waals surface area contributed by atoms with Crippen LogP contribution in [0.5, 0.6) is 5.75 Å². The number of ether oxygens (including phenoxy) is 1. The summed E-state index contributed by atoms with van der Waals surface area (Å²) in [6.07, 6.45) is 5.81. The number of hydrogen-bond donors (Lipinski definition) is 2. The summed E-state index contributed by atoms with van der Waals surface area (Å²) in [6.45, 7) is 10.0. The number of nitrogens with zero attached hydrogens (tertiary/aromatic N) is 1. The van der Waals surface area contributed by atoms with Gasteiger partial charge in [-0.1, -0.05) is 62.6 Å². The average Bonchev–Trinajstić information content (AvgIpc) is 3.13. The first-order valence-electron chi connectivity index (χ1n) is 11.6. The molecule has 0 aliphatic heterocycles. The van der Waals surface area contributed by atoms with Crippen molar-refractivity contribution in [1.82, 2.24) is 0 Å². The zero-order valence-electron chi connectivity index (χ0n) is 18.7. The second-order valence-corrected chi connectivity index (χ2v) is 8.67. The molecule has 32 heavy (non-hydrogen) atoms. The number of benzene rings is 2. The van der Waals surface area contributed by atoms with Gasteiger partial charge in [0.1, 0.15) is 5.75 Å². The molecule has 5 heteroatoms. The average molecular weight is 436 g/mol. The highest BCUT2D eigenvalue weighted by molar-refractivity contribution is 5.66. The first kappa shape index (κ1) is 23.8. The van der Waals surface area contributed by atoms with Crippen molar-refractivity contribution in [3.63, 3.8) is 0 Å². The fourth-order valence-electron chi connectivity index (χ4n) is 4.74. The number of unbranched alkanes of at least 4 members (excludes halogenated alkanes) is 3. The molecule has 4 atom stereocenters. The summed E-state index contributed by atoms with van der Waals surface area (Å²) in [5, 5.41) is 19.7. The van der Waals surface area contributed by atoms with Crippen molar-refractivity contribution in [2.24, 2.45) is 0 Å². The van der Waals surface area contributed by atoms with E-state index in [1.54, 1.807) is 6.07 Å². The van der Waals surface area contributed by atoms with Gasteiger partial charge in [0, 0.05) is 5.92 Å². The summed E-state index contributed by atoms with van der Waals surface area (Å²) < 4.78 is 5.60. The predicted molar refractivity (Wildman–Crippen MR) is 125 cm³/mol. The summed E-state index contributed by atoms with van der Waals surface area (Å²) in [7, 11) is 0. The molecule has 0 spiro atoms. The number of aryl methyl sites for hydroxylation is 1. The standard InChI is InChI=1S/C27H33NO4/c1-3-4-5-6-8-19-11-13-20(14-12-19)27-24(29)18-23(28-2)26(27)21-9-7-10-22(17-21)32-16-15-25(30)31/h7,9-14,17,23-24,26-27,29H,3-6,8,15-16,18H2,1H3,(H,30,31)/t23-,24-,26?,27?/m1/s1. The number of aliphatic hydroxyl groups is 1. The molecule has 0 heterocycles. The van der Waals surface area contributed by atoms with Crippen molar-refractivity contribution in [1.29, 1.82) is 0 Å². The largest absolute Gasteiger partial charge is 0.493 e. The predicted octanol–water partition coefficient (Wildman–Crippen LogP) is 5.58. The molecule has 0 aromatic heterocycles. The molecule has 2 aromatic rings. The molecule has 1 aliphatic carbocycles. The van der Waals surface area contributed by atoms with E-state index in [0.717, 1.165) is 17.5 Å². The van der Waals surface area contributed by atoms with Crippen LogP contribution in [0.25, 0.3) is 4.85 Å². The van der Waals surface area contributed by atoms with Crippen molar-refractivity contribution in [3.05, 3.63) is 76.6 Å². The zero-order chi connectivity index (χ0) is 22.9. The Labute approximate surface area is 190 Å². The van der Waals surface area contributed by atoms with E-state index in [0.29, 0.717) is 12.2 Å². The maximum atomic E-state index is 10.9. The fraction of sp³-hybridized carbons (Fsp3) is 0.481. The van der Waals surface area contributed by atoms with Crippen LogP contribution in [-0.2, 0) is 11.2 Å². The third kappa shape index (κ3) is 6.11. The van der Waals surface area contributed by atoms with Gasteiger partial charge in [0.25, 0.3) is 0 Å². The maximum Gasteiger partial charge on any atom is 0.306 e. The lowest BCUT2D eigenvalue weighted by molar-refractivity contribution is -0.137. The summed E-state index contributed by atoms with van der Waals surface area (Å²) >= 11 is 0. The van der Waals surface area contributed by atoms with E-state index in [-0.39, 0.29) is 30.9 Å². The molecule has 3 rings (SSSR count). The topological polar surface area (TPSA) is 71.1 Å². The molecule has 2 N–H and O–H groups in total. The number of carbonyl (C=O) groups is 1. The Bertz CT molecular complexity index is 918. The van der Waals surface area contributed by atoms with E-state index in [1.165, 1.54) is 31.2 Å². The Morgan fingerprint density at radius 1 is 1.09 bits per heavy atom. The molecular weight excluding hydrogens is 402 g/mol. The van der Waals surface area contributed by atoms with E-state index in [4.69, 9.17) is 16.4 Å². The van der Waals surface area contributed by atoms with Crippen molar-refractivity contribution in [2.45, 2.75) is 75.9 Å². The zero-order valence-corrected chi connectivity index (χ0v) is 18.7. The van der Waals surface area contributed by atoms with Crippen molar-refractivity contribution in [3.8, 4) is 5.75 Å². The number of carboxylic acid groups (broad SMARTS) is 1. The molecule has 5 nitrogen and oxygen atoms in total. The monoisotopic (exact) mass is 435 g/mol. The van der Waals surface area contributed by atoms with Crippen LogP contribution in [0.1, 0.15) is 74.0 Å². The van der Waals surface area contributed by atoms with Gasteiger partial charge < -0.3 is 19.8 Å². The molecule has 1 aliphatic rings. The molecule has 2 aromatic carbocycles. The lowest BCUT2D eigenvalue weighted by Gasteiger charge is -2.23. The Hall–Kier alpha value is -2.84. The lowest BCUT2D eigenvalue weighted by Crippen LogP contribution is -2.18. The third-order valence-corrected chi connectivity index (χ3v) is 6.38. The van der Waals surface area contributed by atoms with Crippen LogP contribution in [0.3, 0.4) is 0 Å². The molecule has 170 valence electrons. The fourth-order valence-corrected chi connectivity index (χ4v) is 4.74. The van der Waals surface area contributed by atoms with Gasteiger partial charge in [-0.05, 0) is 41.7 Å². The number of rotatable bonds is 11. The SMILES string of the molecule is [C-]#[N+][C@@H]1C[C@@H](O)C(c2ccc(CCCCCC)cc2)C1c1cccc(OCCC(=O)O)c1. The summed E-state index contributed by atoms with van der Waals surface area (Å²) in [5.41, 5.74) is 3.32. The summed E-state index contributed by atoms with van der Waals surface area (Å²) in [4.78, 5) is 14.6. The Morgan fingerprint density at radius 2 is 1.88 bits per heavy atom. The Balaban J connectivity index is 1.78. The van der Waals surface area contributed by atoms with Gasteiger partial charge in [-0.25, -0.2) is 6.57 Å². The first-order valence-corrected chi connectivity index (χ1v) is 11.6. The summed E-state index contributed by atoms with van der Waals surface area (Å²) in [6, 6.07) is 15.7. The second-order valence-electron chi connectivity index (χ2n) is 8.67. The van der Waals surface area contributed by atoms with Crippen molar-refractivity contribution < 1.29 is 19.7 Å². The highest BCUT2D eigenvalue weighted by Crippen LogP contribution is 2.48. The minimum Gasteiger partial charge on any atom is -0.493 e. The van der Waals surface area contributed by atoms with E-state index >= 15 is 0 Å². The van der Waals surface area contributed by atoms with Gasteiger partial charge >= 0.3 is 5.97 Å². The van der Waals surface area contributed by atoms with E-state index in [1.807, 2.05) is 18.2 Å². The third-order valence-electron chi connectivity index (χ3n) is 6.38. The first-order chi connectivity index (χ1) is 15.5. The molecule has 2 unspecified atom stereocenters. The normalized spacial score (nSPS) is 22.4. The van der Waals surface area contributed by atoms with Crippen LogP contribution in [0, 0.1) is 6.57 Å². The van der Waals surface area contributed by atoms with Gasteiger partial charge in [-0.2, -0.15) is 0 Å². The Morgan fingerprint density at radius 3 is 2.56 bits per heavy atom. The van der Waals surface area contributed by atoms with Crippen LogP contribution in [-0.4, -0.2) is 34.9 Å². The van der Waals surface area contributed by atoms with Gasteiger partial charge in [-0.15, -0.1) is 0 Å². The molecule has 1 fully saturated rings. The van der Waals surface area contributed by atoms with Gasteiger partial charge in [-0.3, -0.25) is 4.79 Å². The van der Waals surface area contributed by atoms with Crippen molar-refractivity contribution >= 4 is 5.97 Å². The number of aliphatic carboxylic acids is 1. The molecule has 0 amide bonds. The number of aliphatic hydroxyl groups excluding tert-OH is 1. The van der Waals surface area contributed by atoms with Crippen LogP contribution in [0.2, 0.25) is 0 Å². The molecular formula is C27H33NO4. The number of carboxylic acids is 1. The van der Waals surface area contributed by atoms with Crippen LogP contribution >= 0.6 is 0 Å². The molecule has 0 bridgehead atoms. The number of hydrogen-bond acceptors (Lipinski definition) is 3. The lowest BCUT2D eigenvalue weighted by atomic mass is 9.81. The smallest absolute Gasteiger partial charge is 0.306 e. The van der Waals surface area contributed by atoms with E-state index < -0.39 is 12.1 Å². The van der Waals surface area contributed by atoms with Crippen LogP contribution in [0.4, 0.5) is 0 Å². The molecule has 0 radical (unpaired) electrons. The van der Waals surface area contributed by atoms with Crippen molar-refractivity contribution in [2.75, 3.05) is 6.61 Å². The van der Waals surface area contributed by atoms with Crippen LogP contribution in [0.15, 0.2) is 48.5 Å². The molecule has 0 saturated heterocycles. The van der Waals surface area contributed by atoms with E-state index in [2.05, 4.69) is 36.0 Å². The minimum atomic E-state index is -0.901. The maximum absolute atomic E-state index is 10.9. The summed E-state index contributed by atoms with van der Waals surface area (Å²) in [5.74, 6) is -0.601. The van der Waals surface area contributed by atoms with Crippen LogP contribution < -0.4 is 4.74 Å². The van der Waals surface area contributed by atoms with Gasteiger partial charge in [0.2, 0.25) is 6.04 Å². The van der Waals surface area contributed by atoms with Gasteiger partial charge in [0.15, 0.2) is 0 Å². The van der Waals surface area contributed by atoms with E-state index in [9.17, 15) is 9.90 Å². The quantitative estimate of drug-likeness (QED) is 0.357. The highest BCUT2D eigenvalue weighted by Gasteiger charge is 2.48. The molecule has 1 saturated carbocycles. The second kappa shape index (κ2) is 11.7. The Kier molecular flexibility index (Phi) is 8.70. The van der Waals surface area contributed by atoms with Gasteiger partial charge in [0.05, 0.1) is 31.5 Å². The highest BCUT2D eigenvalue weighted by atomic mass is 16.5.